The molecule has 1 aliphatic heterocycles. The van der Waals surface area contributed by atoms with Crippen LogP contribution in [0.4, 0.5) is 17.3 Å². The van der Waals surface area contributed by atoms with E-state index in [4.69, 9.17) is 0 Å². The van der Waals surface area contributed by atoms with Crippen molar-refractivity contribution in [2.24, 2.45) is 5.92 Å². The van der Waals surface area contributed by atoms with Crippen LogP contribution in [0, 0.1) is 16.0 Å². The predicted molar refractivity (Wildman–Crippen MR) is 84.9 cm³/mol. The van der Waals surface area contributed by atoms with E-state index >= 15 is 0 Å². The molecule has 1 N–H and O–H groups in total. The standard InChI is InChI=1S/C15H24N4O2/c1-3-5-12-8-10-18(11-12)15-13(19(20)21)6-7-14(17-15)16-9-4-2/h6-7,12H,3-5,8-11H2,1-2H3,(H,16,17). The second kappa shape index (κ2) is 7.24. The Morgan fingerprint density at radius 2 is 2.24 bits per heavy atom. The first kappa shape index (κ1) is 15.5. The van der Waals surface area contributed by atoms with Crippen LogP contribution >= 0.6 is 0 Å². The Kier molecular flexibility index (Phi) is 5.36. The topological polar surface area (TPSA) is 71.3 Å². The van der Waals surface area contributed by atoms with Crippen LogP contribution in [0.3, 0.4) is 0 Å². The van der Waals surface area contributed by atoms with Crippen molar-refractivity contribution in [2.45, 2.75) is 39.5 Å². The van der Waals surface area contributed by atoms with Crippen LogP contribution in [0.5, 0.6) is 0 Å². The summed E-state index contributed by atoms with van der Waals surface area (Å²) in [5.41, 5.74) is 0.106. The normalized spacial score (nSPS) is 18.0. The molecule has 0 aliphatic carbocycles. The van der Waals surface area contributed by atoms with Crippen LogP contribution in [-0.2, 0) is 0 Å². The zero-order valence-corrected chi connectivity index (χ0v) is 12.8. The first-order chi connectivity index (χ1) is 10.2. The van der Waals surface area contributed by atoms with E-state index in [-0.39, 0.29) is 10.6 Å². The number of nitrogens with zero attached hydrogens (tertiary/aromatic N) is 3. The van der Waals surface area contributed by atoms with Gasteiger partial charge in [0, 0.05) is 25.7 Å². The molecule has 6 nitrogen and oxygen atoms in total. The first-order valence-electron chi connectivity index (χ1n) is 7.80. The second-order valence-electron chi connectivity index (χ2n) is 5.61. The third kappa shape index (κ3) is 3.83. The molecule has 1 aromatic heterocycles. The van der Waals surface area contributed by atoms with Crippen LogP contribution in [0.2, 0.25) is 0 Å². The summed E-state index contributed by atoms with van der Waals surface area (Å²) in [7, 11) is 0. The molecular formula is C15H24N4O2. The Balaban J connectivity index is 2.20. The molecule has 1 saturated heterocycles. The molecular weight excluding hydrogens is 268 g/mol. The summed E-state index contributed by atoms with van der Waals surface area (Å²) in [4.78, 5) is 17.4. The quantitative estimate of drug-likeness (QED) is 0.615. The summed E-state index contributed by atoms with van der Waals surface area (Å²) in [6.07, 6.45) is 4.43. The average Bonchev–Trinajstić information content (AvgIpc) is 2.93. The highest BCUT2D eigenvalue weighted by Gasteiger charge is 2.28. The molecule has 0 bridgehead atoms. The Morgan fingerprint density at radius 1 is 1.43 bits per heavy atom. The van der Waals surface area contributed by atoms with Crippen molar-refractivity contribution in [1.82, 2.24) is 4.98 Å². The van der Waals surface area contributed by atoms with E-state index in [0.29, 0.717) is 11.7 Å². The number of pyridine rings is 1. The van der Waals surface area contributed by atoms with E-state index in [1.54, 1.807) is 12.1 Å². The highest BCUT2D eigenvalue weighted by Crippen LogP contribution is 2.32. The summed E-state index contributed by atoms with van der Waals surface area (Å²) >= 11 is 0. The number of rotatable bonds is 7. The molecule has 0 amide bonds. The van der Waals surface area contributed by atoms with Gasteiger partial charge < -0.3 is 10.2 Å². The lowest BCUT2D eigenvalue weighted by atomic mass is 10.0. The van der Waals surface area contributed by atoms with Crippen LogP contribution in [0.1, 0.15) is 39.5 Å². The van der Waals surface area contributed by atoms with E-state index in [0.717, 1.165) is 44.7 Å². The third-order valence-electron chi connectivity index (χ3n) is 3.89. The lowest BCUT2D eigenvalue weighted by Crippen LogP contribution is -2.22. The summed E-state index contributed by atoms with van der Waals surface area (Å²) < 4.78 is 0. The van der Waals surface area contributed by atoms with Gasteiger partial charge in [-0.05, 0) is 31.2 Å². The van der Waals surface area contributed by atoms with Gasteiger partial charge in [-0.25, -0.2) is 4.98 Å². The van der Waals surface area contributed by atoms with Crippen molar-refractivity contribution < 1.29 is 4.92 Å². The molecule has 1 atom stereocenters. The molecule has 2 rings (SSSR count). The van der Waals surface area contributed by atoms with Crippen LogP contribution in [0.25, 0.3) is 0 Å². The fraction of sp³-hybridized carbons (Fsp3) is 0.667. The Labute approximate surface area is 125 Å². The van der Waals surface area contributed by atoms with E-state index in [2.05, 4.69) is 29.0 Å². The molecule has 0 aromatic carbocycles. The molecule has 0 spiro atoms. The summed E-state index contributed by atoms with van der Waals surface area (Å²) in [5.74, 6) is 1.86. The number of aromatic nitrogens is 1. The molecule has 1 aliphatic rings. The van der Waals surface area contributed by atoms with Gasteiger partial charge in [-0.2, -0.15) is 0 Å². The minimum Gasteiger partial charge on any atom is -0.370 e. The lowest BCUT2D eigenvalue weighted by Gasteiger charge is -2.18. The highest BCUT2D eigenvalue weighted by atomic mass is 16.6. The van der Waals surface area contributed by atoms with E-state index in [1.165, 1.54) is 6.42 Å². The summed E-state index contributed by atoms with van der Waals surface area (Å²) in [5, 5.41) is 14.4. The van der Waals surface area contributed by atoms with Gasteiger partial charge >= 0.3 is 5.69 Å². The van der Waals surface area contributed by atoms with Gasteiger partial charge in [0.05, 0.1) is 4.92 Å². The number of anilines is 2. The molecule has 21 heavy (non-hydrogen) atoms. The van der Waals surface area contributed by atoms with Gasteiger partial charge in [-0.1, -0.05) is 20.3 Å². The van der Waals surface area contributed by atoms with Crippen molar-refractivity contribution in [3.63, 3.8) is 0 Å². The Bertz CT molecular complexity index is 493. The van der Waals surface area contributed by atoms with E-state index < -0.39 is 0 Å². The van der Waals surface area contributed by atoms with Crippen molar-refractivity contribution >= 4 is 17.3 Å². The summed E-state index contributed by atoms with van der Waals surface area (Å²) in [6, 6.07) is 3.25. The van der Waals surface area contributed by atoms with Crippen LogP contribution < -0.4 is 10.2 Å². The molecule has 1 aromatic rings. The molecule has 6 heteroatoms. The zero-order valence-electron chi connectivity index (χ0n) is 12.8. The van der Waals surface area contributed by atoms with Gasteiger partial charge in [-0.3, -0.25) is 10.1 Å². The van der Waals surface area contributed by atoms with E-state index in [1.807, 2.05) is 0 Å². The third-order valence-corrected chi connectivity index (χ3v) is 3.89. The smallest absolute Gasteiger partial charge is 0.311 e. The fourth-order valence-electron chi connectivity index (χ4n) is 2.84. The Morgan fingerprint density at radius 3 is 2.90 bits per heavy atom. The molecule has 116 valence electrons. The van der Waals surface area contributed by atoms with Gasteiger partial charge in [0.15, 0.2) is 0 Å². The minimum absolute atomic E-state index is 0.106. The Hall–Kier alpha value is -1.85. The van der Waals surface area contributed by atoms with Crippen molar-refractivity contribution in [2.75, 3.05) is 29.9 Å². The second-order valence-corrected chi connectivity index (χ2v) is 5.61. The maximum Gasteiger partial charge on any atom is 0.311 e. The molecule has 2 heterocycles. The van der Waals surface area contributed by atoms with Crippen molar-refractivity contribution in [1.29, 1.82) is 0 Å². The predicted octanol–water partition coefficient (Wildman–Crippen LogP) is 3.44. The number of nitro groups is 1. The maximum absolute atomic E-state index is 11.2. The molecule has 1 fully saturated rings. The van der Waals surface area contributed by atoms with Crippen molar-refractivity contribution in [3.05, 3.63) is 22.2 Å². The summed E-state index contributed by atoms with van der Waals surface area (Å²) in [6.45, 7) is 6.81. The van der Waals surface area contributed by atoms with Crippen LogP contribution in [0.15, 0.2) is 12.1 Å². The molecule has 0 saturated carbocycles. The van der Waals surface area contributed by atoms with Gasteiger partial charge in [0.1, 0.15) is 5.82 Å². The van der Waals surface area contributed by atoms with Gasteiger partial charge in [0.25, 0.3) is 0 Å². The van der Waals surface area contributed by atoms with Crippen LogP contribution in [-0.4, -0.2) is 29.5 Å². The maximum atomic E-state index is 11.2. The zero-order chi connectivity index (χ0) is 15.2. The fourth-order valence-corrected chi connectivity index (χ4v) is 2.84. The molecule has 1 unspecified atom stereocenters. The largest absolute Gasteiger partial charge is 0.370 e. The van der Waals surface area contributed by atoms with Gasteiger partial charge in [-0.15, -0.1) is 0 Å². The molecule has 0 radical (unpaired) electrons. The minimum atomic E-state index is -0.334. The van der Waals surface area contributed by atoms with Gasteiger partial charge in [0.2, 0.25) is 5.82 Å². The van der Waals surface area contributed by atoms with Crippen molar-refractivity contribution in [3.8, 4) is 0 Å². The average molecular weight is 292 g/mol. The lowest BCUT2D eigenvalue weighted by molar-refractivity contribution is -0.384. The monoisotopic (exact) mass is 292 g/mol. The van der Waals surface area contributed by atoms with E-state index in [9.17, 15) is 10.1 Å². The first-order valence-corrected chi connectivity index (χ1v) is 7.80. The SMILES string of the molecule is CCCNc1ccc([N+](=O)[O-])c(N2CCC(CCC)C2)n1. The highest BCUT2D eigenvalue weighted by molar-refractivity contribution is 5.62. The number of nitrogens with one attached hydrogen (secondary N) is 1. The number of hydrogen-bond acceptors (Lipinski definition) is 5. The number of hydrogen-bond donors (Lipinski definition) is 1.